The van der Waals surface area contributed by atoms with Crippen molar-refractivity contribution < 1.29 is 19.7 Å². The van der Waals surface area contributed by atoms with E-state index in [1.165, 1.54) is 0 Å². The van der Waals surface area contributed by atoms with Gasteiger partial charge in [-0.2, -0.15) is 4.98 Å². The first kappa shape index (κ1) is 25.2. The molecule has 1 aromatic carbocycles. The second-order valence-corrected chi connectivity index (χ2v) is 9.95. The van der Waals surface area contributed by atoms with Crippen LogP contribution in [0.4, 0.5) is 23.1 Å². The summed E-state index contributed by atoms with van der Waals surface area (Å²) in [6.45, 7) is 9.38. The Morgan fingerprint density at radius 2 is 2.03 bits per heavy atom. The van der Waals surface area contributed by atoms with Crippen molar-refractivity contribution in [1.82, 2.24) is 9.97 Å². The summed E-state index contributed by atoms with van der Waals surface area (Å²) < 4.78 is 5.45. The maximum Gasteiger partial charge on any atom is 0.303 e. The third-order valence-electron chi connectivity index (χ3n) is 6.98. The van der Waals surface area contributed by atoms with E-state index in [0.717, 1.165) is 55.8 Å². The van der Waals surface area contributed by atoms with Gasteiger partial charge in [-0.25, -0.2) is 4.98 Å². The van der Waals surface area contributed by atoms with Gasteiger partial charge in [0.1, 0.15) is 5.82 Å². The van der Waals surface area contributed by atoms with Gasteiger partial charge in [-0.3, -0.25) is 4.79 Å². The molecule has 0 bridgehead atoms. The molecule has 2 aromatic rings. The predicted octanol–water partition coefficient (Wildman–Crippen LogP) is 3.76. The molecule has 1 unspecified atom stereocenters. The first-order valence-electron chi connectivity index (χ1n) is 12.5. The Hall–Kier alpha value is -2.91. The van der Waals surface area contributed by atoms with Gasteiger partial charge >= 0.3 is 5.97 Å². The summed E-state index contributed by atoms with van der Waals surface area (Å²) in [7, 11) is 0. The van der Waals surface area contributed by atoms with E-state index < -0.39 is 11.6 Å². The number of hydrogen-bond donors (Lipinski definition) is 3. The summed E-state index contributed by atoms with van der Waals surface area (Å²) in [5.41, 5.74) is 1.96. The number of carbonyl (C=O) groups is 1. The normalized spacial score (nSPS) is 19.6. The maximum atomic E-state index is 11.5. The third kappa shape index (κ3) is 6.02. The molecule has 0 amide bonds. The number of aromatic nitrogens is 2. The number of carboxylic acids is 1. The Labute approximate surface area is 207 Å². The summed E-state index contributed by atoms with van der Waals surface area (Å²) >= 11 is 0. The summed E-state index contributed by atoms with van der Waals surface area (Å²) in [6.07, 6.45) is 4.48. The lowest BCUT2D eigenvalue weighted by Gasteiger charge is -2.36. The monoisotopic (exact) mass is 483 g/mol. The van der Waals surface area contributed by atoms with Gasteiger partial charge in [0.25, 0.3) is 0 Å². The van der Waals surface area contributed by atoms with Crippen molar-refractivity contribution in [3.05, 3.63) is 36.0 Å². The van der Waals surface area contributed by atoms with Crippen LogP contribution in [0.3, 0.4) is 0 Å². The largest absolute Gasteiger partial charge is 0.481 e. The average molecular weight is 484 g/mol. The number of morpholine rings is 1. The van der Waals surface area contributed by atoms with Crippen molar-refractivity contribution in [3.63, 3.8) is 0 Å². The van der Waals surface area contributed by atoms with Crippen LogP contribution in [-0.4, -0.2) is 70.6 Å². The Balaban J connectivity index is 1.70. The molecule has 0 spiro atoms. The Morgan fingerprint density at radius 3 is 2.71 bits per heavy atom. The molecule has 1 aromatic heterocycles. The molecule has 9 heteroatoms. The summed E-state index contributed by atoms with van der Waals surface area (Å²) in [5.74, 6) is 0.442. The number of carboxylic acid groups (broad SMARTS) is 1. The van der Waals surface area contributed by atoms with E-state index in [1.807, 2.05) is 39.0 Å². The molecule has 0 radical (unpaired) electrons. The number of anilines is 4. The first-order chi connectivity index (χ1) is 16.8. The highest BCUT2D eigenvalue weighted by Crippen LogP contribution is 2.39. The summed E-state index contributed by atoms with van der Waals surface area (Å²) in [4.78, 5) is 25.0. The molecule has 190 valence electrons. The fraction of sp³-hybridized carbons (Fsp3) is 0.577. The summed E-state index contributed by atoms with van der Waals surface area (Å²) in [5, 5.41) is 23.7. The average Bonchev–Trinajstić information content (AvgIpc) is 3.34. The molecule has 4 rings (SSSR count). The van der Waals surface area contributed by atoms with Crippen LogP contribution in [-0.2, 0) is 9.53 Å². The van der Waals surface area contributed by atoms with E-state index in [0.29, 0.717) is 25.0 Å². The number of aliphatic carboxylic acids is 1. The van der Waals surface area contributed by atoms with E-state index in [2.05, 4.69) is 26.2 Å². The van der Waals surface area contributed by atoms with Gasteiger partial charge in [0.2, 0.25) is 5.95 Å². The van der Waals surface area contributed by atoms with Crippen molar-refractivity contribution in [2.75, 3.05) is 48.0 Å². The first-order valence-corrected chi connectivity index (χ1v) is 12.5. The lowest BCUT2D eigenvalue weighted by molar-refractivity contribution is -0.137. The van der Waals surface area contributed by atoms with E-state index in [-0.39, 0.29) is 18.4 Å². The number of nitrogens with zero attached hydrogens (tertiary/aromatic N) is 4. The minimum absolute atomic E-state index is 0.01000. The number of rotatable bonds is 9. The lowest BCUT2D eigenvalue weighted by atomic mass is 9.92. The molecule has 3 heterocycles. The quantitative estimate of drug-likeness (QED) is 0.491. The van der Waals surface area contributed by atoms with Crippen molar-refractivity contribution in [2.24, 2.45) is 0 Å². The molecule has 2 saturated heterocycles. The smallest absolute Gasteiger partial charge is 0.303 e. The zero-order chi connectivity index (χ0) is 25.0. The van der Waals surface area contributed by atoms with Crippen LogP contribution in [0, 0.1) is 0 Å². The molecule has 3 N–H and O–H groups in total. The molecular formula is C26H37N5O4. The van der Waals surface area contributed by atoms with E-state index in [9.17, 15) is 15.0 Å². The molecule has 2 aliphatic rings. The highest BCUT2D eigenvalue weighted by molar-refractivity contribution is 5.77. The highest BCUT2D eigenvalue weighted by atomic mass is 16.5. The van der Waals surface area contributed by atoms with Crippen molar-refractivity contribution >= 4 is 29.1 Å². The minimum Gasteiger partial charge on any atom is -0.481 e. The predicted molar refractivity (Wildman–Crippen MR) is 137 cm³/mol. The van der Waals surface area contributed by atoms with Crippen LogP contribution in [0.25, 0.3) is 0 Å². The molecule has 2 aliphatic heterocycles. The van der Waals surface area contributed by atoms with Gasteiger partial charge in [-0.15, -0.1) is 0 Å². The molecule has 9 nitrogen and oxygen atoms in total. The molecular weight excluding hydrogens is 446 g/mol. The summed E-state index contributed by atoms with van der Waals surface area (Å²) in [6, 6.07) is 7.95. The number of hydrogen-bond acceptors (Lipinski definition) is 8. The molecule has 2 fully saturated rings. The number of ether oxygens (including phenoxy) is 1. The second-order valence-electron chi connectivity index (χ2n) is 9.95. The van der Waals surface area contributed by atoms with Crippen LogP contribution in [0.15, 0.2) is 30.5 Å². The van der Waals surface area contributed by atoms with Crippen molar-refractivity contribution in [1.29, 1.82) is 0 Å². The van der Waals surface area contributed by atoms with Crippen LogP contribution < -0.4 is 15.1 Å². The van der Waals surface area contributed by atoms with Crippen LogP contribution in [0.5, 0.6) is 0 Å². The van der Waals surface area contributed by atoms with E-state index >= 15 is 0 Å². The molecule has 0 aliphatic carbocycles. The zero-order valence-electron chi connectivity index (χ0n) is 20.9. The van der Waals surface area contributed by atoms with Gasteiger partial charge in [-0.1, -0.05) is 13.0 Å². The standard InChI is InChI=1S/C26H37N5O4/c1-4-18(17-24(32)33)19-7-8-21(31-11-5-6-22(31)26(2,3)34)20(16-19)28-23-9-10-27-25(29-23)30-12-14-35-15-13-30/h7-10,16,18,22,34H,4-6,11-15,17H2,1-3H3,(H,32,33)(H,27,28,29)/t18?,22-/m0/s1. The minimum atomic E-state index is -0.847. The second kappa shape index (κ2) is 10.8. The van der Waals surface area contributed by atoms with Crippen LogP contribution in [0.1, 0.15) is 57.9 Å². The van der Waals surface area contributed by atoms with Crippen molar-refractivity contribution in [3.8, 4) is 0 Å². The van der Waals surface area contributed by atoms with Gasteiger partial charge < -0.3 is 30.1 Å². The van der Waals surface area contributed by atoms with Crippen LogP contribution in [0.2, 0.25) is 0 Å². The lowest BCUT2D eigenvalue weighted by Crippen LogP contribution is -2.46. The third-order valence-corrected chi connectivity index (χ3v) is 6.98. The fourth-order valence-corrected chi connectivity index (χ4v) is 5.13. The molecule has 35 heavy (non-hydrogen) atoms. The van der Waals surface area contributed by atoms with Gasteiger partial charge in [-0.05, 0) is 62.8 Å². The zero-order valence-corrected chi connectivity index (χ0v) is 20.9. The van der Waals surface area contributed by atoms with Crippen LogP contribution >= 0.6 is 0 Å². The molecule has 0 saturated carbocycles. The van der Waals surface area contributed by atoms with Crippen molar-refractivity contribution in [2.45, 2.75) is 64.0 Å². The maximum absolute atomic E-state index is 11.5. The number of nitrogens with one attached hydrogen (secondary N) is 1. The molecule has 2 atom stereocenters. The van der Waals surface area contributed by atoms with E-state index in [4.69, 9.17) is 9.72 Å². The number of benzene rings is 1. The van der Waals surface area contributed by atoms with Gasteiger partial charge in [0, 0.05) is 25.8 Å². The van der Waals surface area contributed by atoms with Gasteiger partial charge in [0.05, 0.1) is 42.7 Å². The number of aliphatic hydroxyl groups is 1. The Bertz CT molecular complexity index is 1020. The SMILES string of the molecule is CCC(CC(=O)O)c1ccc(N2CCC[C@H]2C(C)(C)O)c(Nc2ccnc(N3CCOCC3)n2)c1. The Morgan fingerprint density at radius 1 is 1.26 bits per heavy atom. The van der Waals surface area contributed by atoms with E-state index in [1.54, 1.807) is 6.20 Å². The topological polar surface area (TPSA) is 111 Å². The highest BCUT2D eigenvalue weighted by Gasteiger charge is 2.37. The fourth-order valence-electron chi connectivity index (χ4n) is 5.13. The van der Waals surface area contributed by atoms with Gasteiger partial charge in [0.15, 0.2) is 0 Å². The Kier molecular flexibility index (Phi) is 7.76.